The molecule has 46 heavy (non-hydrogen) atoms. The zero-order valence-electron chi connectivity index (χ0n) is 28.2. The van der Waals surface area contributed by atoms with Gasteiger partial charge in [-0.3, -0.25) is 9.59 Å². The minimum Gasteiger partial charge on any atom is -0.506 e. The molecule has 4 fully saturated rings. The molecule has 3 saturated carbocycles. The minimum atomic E-state index is -1.56. The number of phenolic OH excluding ortho intramolecular Hbond substituents is 1. The zero-order valence-corrected chi connectivity index (χ0v) is 28.2. The maximum absolute atomic E-state index is 14.8. The predicted molar refractivity (Wildman–Crippen MR) is 174 cm³/mol. The van der Waals surface area contributed by atoms with Crippen LogP contribution >= 0.6 is 0 Å². The van der Waals surface area contributed by atoms with Gasteiger partial charge in [-0.25, -0.2) is 4.79 Å². The van der Waals surface area contributed by atoms with Crippen LogP contribution in [0, 0.1) is 17.8 Å². The van der Waals surface area contributed by atoms with Gasteiger partial charge in [-0.1, -0.05) is 29.4 Å². The zero-order chi connectivity index (χ0) is 33.6. The van der Waals surface area contributed by atoms with E-state index in [0.717, 1.165) is 12.0 Å². The van der Waals surface area contributed by atoms with E-state index in [1.165, 1.54) is 18.6 Å². The van der Waals surface area contributed by atoms with Gasteiger partial charge in [-0.2, -0.15) is 0 Å². The number of allylic oxidation sites excluding steroid dienone is 4. The van der Waals surface area contributed by atoms with Gasteiger partial charge in [-0.15, -0.1) is 0 Å². The molecule has 6 atom stereocenters. The smallest absolute Gasteiger partial charge is 0.330 e. The van der Waals surface area contributed by atoms with Crippen LogP contribution in [0.2, 0.25) is 0 Å². The quantitative estimate of drug-likeness (QED) is 0.227. The maximum Gasteiger partial charge on any atom is 0.330 e. The summed E-state index contributed by atoms with van der Waals surface area (Å²) in [6, 6.07) is 0. The summed E-state index contributed by atoms with van der Waals surface area (Å²) in [6.07, 6.45) is 12.2. The Labute approximate surface area is 271 Å². The SMILES string of the molecule is CC(C)=CCC[C@]1(C)C=Cc2c(O)c3c(c(CC=C(C)C)c2O1)O[C@]12C(C[C@@H]4C[C@H]1C(C)(C)O[C@@]2(C/C=C(/C)C(=O)O)C4=O)C3=O. The predicted octanol–water partition coefficient (Wildman–Crippen LogP) is 7.32. The van der Waals surface area contributed by atoms with E-state index in [1.54, 1.807) is 0 Å². The fourth-order valence-electron chi connectivity index (χ4n) is 8.74. The van der Waals surface area contributed by atoms with Crippen molar-refractivity contribution < 1.29 is 38.8 Å². The molecule has 1 spiro atoms. The number of carbonyl (C=O) groups excluding carboxylic acids is 2. The third-order valence-electron chi connectivity index (χ3n) is 11.0. The van der Waals surface area contributed by atoms with Gasteiger partial charge in [0.15, 0.2) is 22.8 Å². The van der Waals surface area contributed by atoms with E-state index in [1.807, 2.05) is 52.8 Å². The normalized spacial score (nSPS) is 33.0. The molecule has 0 aromatic heterocycles. The molecule has 3 aliphatic carbocycles. The lowest BCUT2D eigenvalue weighted by molar-refractivity contribution is -0.199. The largest absolute Gasteiger partial charge is 0.506 e. The van der Waals surface area contributed by atoms with Crippen molar-refractivity contribution in [3.05, 3.63) is 57.7 Å². The molecule has 246 valence electrons. The van der Waals surface area contributed by atoms with Crippen LogP contribution in [0.15, 0.2) is 41.0 Å². The standard InChI is InChI=1S/C38H46O8/c1-20(2)10-9-15-36(8)16-14-24-29(39)28-30(40)26-18-23-19-27-35(6,7)46-37(33(23)41,17-13-22(5)34(42)43)38(26,27)45-32(28)25(31(24)44-36)12-11-21(3)4/h10-11,13-14,16,23,26-27,39H,9,12,15,17-19H2,1-8H3,(H,42,43)/b22-13-/t23-,26?,27+,36-,37+,38-/m1/s1. The Morgan fingerprint density at radius 1 is 0.978 bits per heavy atom. The van der Waals surface area contributed by atoms with Crippen molar-refractivity contribution in [1.29, 1.82) is 0 Å². The van der Waals surface area contributed by atoms with E-state index in [-0.39, 0.29) is 46.5 Å². The van der Waals surface area contributed by atoms with Crippen molar-refractivity contribution in [2.75, 3.05) is 0 Å². The average Bonchev–Trinajstić information content (AvgIpc) is 3.12. The Bertz CT molecular complexity index is 1670. The van der Waals surface area contributed by atoms with Crippen LogP contribution in [0.5, 0.6) is 17.2 Å². The molecular weight excluding hydrogens is 584 g/mol. The van der Waals surface area contributed by atoms with Gasteiger partial charge in [0.1, 0.15) is 28.4 Å². The van der Waals surface area contributed by atoms with E-state index < -0.39 is 40.2 Å². The van der Waals surface area contributed by atoms with Gasteiger partial charge >= 0.3 is 5.97 Å². The highest BCUT2D eigenvalue weighted by atomic mass is 16.6. The number of rotatable bonds is 8. The van der Waals surface area contributed by atoms with Crippen LogP contribution in [-0.4, -0.2) is 50.2 Å². The number of aromatic hydroxyl groups is 1. The van der Waals surface area contributed by atoms with Crippen molar-refractivity contribution >= 4 is 23.6 Å². The number of hydrogen-bond donors (Lipinski definition) is 2. The summed E-state index contributed by atoms with van der Waals surface area (Å²) in [5, 5.41) is 21.5. The van der Waals surface area contributed by atoms with Crippen molar-refractivity contribution in [3.8, 4) is 17.2 Å². The second-order valence-electron chi connectivity index (χ2n) is 15.2. The fourth-order valence-corrected chi connectivity index (χ4v) is 8.74. The number of hydrogen-bond acceptors (Lipinski definition) is 7. The monoisotopic (exact) mass is 630 g/mol. The Hall–Kier alpha value is -3.65. The number of fused-ring (bicyclic) bond motifs is 2. The Morgan fingerprint density at radius 2 is 1.67 bits per heavy atom. The Balaban J connectivity index is 1.57. The number of ketones is 2. The van der Waals surface area contributed by atoms with Crippen LogP contribution in [0.3, 0.4) is 0 Å². The highest BCUT2D eigenvalue weighted by molar-refractivity contribution is 6.09. The van der Waals surface area contributed by atoms with Crippen LogP contribution in [0.4, 0.5) is 0 Å². The number of aliphatic carboxylic acids is 1. The molecule has 1 aromatic rings. The van der Waals surface area contributed by atoms with Crippen molar-refractivity contribution in [2.45, 2.75) is 116 Å². The number of carbonyl (C=O) groups is 3. The summed E-state index contributed by atoms with van der Waals surface area (Å²) in [6.45, 7) is 15.5. The number of ether oxygens (including phenoxy) is 3. The molecule has 3 heterocycles. The average molecular weight is 631 g/mol. The van der Waals surface area contributed by atoms with Gasteiger partial charge in [0.05, 0.1) is 17.1 Å². The van der Waals surface area contributed by atoms with Crippen LogP contribution in [0.25, 0.3) is 6.08 Å². The molecule has 0 amide bonds. The first-order valence-electron chi connectivity index (χ1n) is 16.4. The summed E-state index contributed by atoms with van der Waals surface area (Å²) in [5.41, 5.74) is -0.829. The van der Waals surface area contributed by atoms with Crippen LogP contribution in [-0.2, 0) is 20.7 Å². The lowest BCUT2D eigenvalue weighted by atomic mass is 9.46. The molecule has 8 nitrogen and oxygen atoms in total. The molecule has 1 saturated heterocycles. The number of carboxylic acids is 1. The van der Waals surface area contributed by atoms with Gasteiger partial charge in [-0.05, 0) is 99.6 Å². The highest BCUT2D eigenvalue weighted by Gasteiger charge is 2.83. The molecule has 1 aromatic carbocycles. The lowest BCUT2D eigenvalue weighted by Gasteiger charge is -2.60. The van der Waals surface area contributed by atoms with Crippen LogP contribution in [0.1, 0.15) is 109 Å². The van der Waals surface area contributed by atoms with Gasteiger partial charge in [0.25, 0.3) is 0 Å². The van der Waals surface area contributed by atoms with E-state index >= 15 is 0 Å². The summed E-state index contributed by atoms with van der Waals surface area (Å²) < 4.78 is 20.7. The topological polar surface area (TPSA) is 119 Å². The number of benzene rings is 1. The minimum absolute atomic E-state index is 0.0264. The third-order valence-corrected chi connectivity index (χ3v) is 11.0. The van der Waals surface area contributed by atoms with Gasteiger partial charge in [0.2, 0.25) is 0 Å². The van der Waals surface area contributed by atoms with E-state index in [4.69, 9.17) is 14.2 Å². The second kappa shape index (κ2) is 10.7. The molecule has 8 heteroatoms. The number of Topliss-reactive ketones (excluding diaryl/α,β-unsaturated/α-hetero) is 2. The molecule has 7 rings (SSSR count). The van der Waals surface area contributed by atoms with E-state index in [2.05, 4.69) is 19.9 Å². The third kappa shape index (κ3) is 4.54. The molecule has 0 radical (unpaired) electrons. The molecule has 3 aliphatic heterocycles. The van der Waals surface area contributed by atoms with Crippen molar-refractivity contribution in [2.24, 2.45) is 17.8 Å². The Kier molecular flexibility index (Phi) is 7.51. The first-order chi connectivity index (χ1) is 21.5. The molecule has 1 unspecified atom stereocenters. The first kappa shape index (κ1) is 32.3. The fraction of sp³-hybridized carbons (Fsp3) is 0.553. The Morgan fingerprint density at radius 3 is 2.33 bits per heavy atom. The number of phenols is 1. The van der Waals surface area contributed by atoms with Crippen molar-refractivity contribution in [3.63, 3.8) is 0 Å². The van der Waals surface area contributed by atoms with Gasteiger partial charge < -0.3 is 24.4 Å². The maximum atomic E-state index is 14.8. The highest BCUT2D eigenvalue weighted by Crippen LogP contribution is 2.70. The van der Waals surface area contributed by atoms with E-state index in [9.17, 15) is 24.6 Å². The molecule has 4 bridgehead atoms. The molecule has 6 aliphatic rings. The summed E-state index contributed by atoms with van der Waals surface area (Å²) in [4.78, 5) is 40.9. The molecular formula is C38H46O8. The second-order valence-corrected chi connectivity index (χ2v) is 15.2. The number of carboxylic acid groups (broad SMARTS) is 1. The summed E-state index contributed by atoms with van der Waals surface area (Å²) >= 11 is 0. The first-order valence-corrected chi connectivity index (χ1v) is 16.4. The summed E-state index contributed by atoms with van der Waals surface area (Å²) in [5.74, 6) is -2.46. The lowest BCUT2D eigenvalue weighted by Crippen LogP contribution is -2.76. The molecule has 2 N–H and O–H groups in total. The van der Waals surface area contributed by atoms with Crippen molar-refractivity contribution in [1.82, 2.24) is 0 Å². The van der Waals surface area contributed by atoms with E-state index in [0.29, 0.717) is 42.6 Å². The van der Waals surface area contributed by atoms with Gasteiger partial charge in [0, 0.05) is 29.4 Å². The summed E-state index contributed by atoms with van der Waals surface area (Å²) in [7, 11) is 0. The van der Waals surface area contributed by atoms with Crippen LogP contribution < -0.4 is 9.47 Å².